The number of nitrogens with one attached hydrogen (secondary N) is 5. The molecule has 3 aliphatic heterocycles. The Kier molecular flexibility index (Phi) is 28.7. The van der Waals surface area contributed by atoms with Crippen LogP contribution >= 0.6 is 0 Å². The zero-order chi connectivity index (χ0) is 68.7. The molecule has 27 heteroatoms. The van der Waals surface area contributed by atoms with Gasteiger partial charge in [-0.05, 0) is 169 Å². The van der Waals surface area contributed by atoms with Crippen LogP contribution in [-0.2, 0) is 55.4 Å². The van der Waals surface area contributed by atoms with E-state index in [0.717, 1.165) is 46.1 Å². The maximum absolute atomic E-state index is 14.4. The summed E-state index contributed by atoms with van der Waals surface area (Å²) in [6, 6.07) is 21.4. The zero-order valence-electron chi connectivity index (χ0n) is 53.7. The number of carbonyl (C=O) groups is 7. The summed E-state index contributed by atoms with van der Waals surface area (Å²) in [7, 11) is -8.04. The SMILES string of the molecule is CCCCCCCCOc1ccc2cc(C(=O)N[C@H]3CCCNC(=O)[C@@H]4C[C@H](N)CN4C(=O)[C@H](CCCN)NC(=O)[C@H](CCc4ccc(O)cc4)NC(=O)[C@@H]4CCCN4C(=O)[C@H]([C@@H](C)O)NC3=O)ccc2c1.Cc1ccc(S(=O)(=O)O)cc1.Cc1ccc(S(=O)(=O)O)cc1. The third kappa shape index (κ3) is 22.9. The number of nitrogens with two attached hydrogens (primary N) is 2. The molecule has 5 aromatic carbocycles. The summed E-state index contributed by atoms with van der Waals surface area (Å²) in [6.07, 6.45) is 7.23. The molecule has 0 radical (unpaired) electrons. The number of aryl methyl sites for hydroxylation is 3. The lowest BCUT2D eigenvalue weighted by molar-refractivity contribution is -0.144. The number of aromatic hydroxyl groups is 1. The highest BCUT2D eigenvalue weighted by molar-refractivity contribution is 7.86. The molecule has 13 N–H and O–H groups in total. The molecule has 0 unspecified atom stereocenters. The topological polar surface area (TPSA) is 397 Å². The molecule has 0 aliphatic carbocycles. The Morgan fingerprint density at radius 2 is 1.28 bits per heavy atom. The smallest absolute Gasteiger partial charge is 0.294 e. The van der Waals surface area contributed by atoms with Gasteiger partial charge in [0, 0.05) is 31.2 Å². The Bertz CT molecular complexity index is 3520. The molecule has 25 nitrogen and oxygen atoms in total. The van der Waals surface area contributed by atoms with Crippen molar-refractivity contribution in [2.45, 2.75) is 182 Å². The fourth-order valence-electron chi connectivity index (χ4n) is 11.1. The third-order valence-corrected chi connectivity index (χ3v) is 18.2. The van der Waals surface area contributed by atoms with Gasteiger partial charge >= 0.3 is 0 Å². The summed E-state index contributed by atoms with van der Waals surface area (Å²) in [5, 5.41) is 36.5. The average Bonchev–Trinajstić information content (AvgIpc) is 1.52. The van der Waals surface area contributed by atoms with Crippen LogP contribution in [0, 0.1) is 13.8 Å². The van der Waals surface area contributed by atoms with E-state index in [-0.39, 0.29) is 92.2 Å². The van der Waals surface area contributed by atoms with Gasteiger partial charge in [-0.1, -0.05) is 98.7 Å². The van der Waals surface area contributed by atoms with Crippen molar-refractivity contribution in [1.82, 2.24) is 36.4 Å². The van der Waals surface area contributed by atoms with Crippen molar-refractivity contribution >= 4 is 72.4 Å². The lowest BCUT2D eigenvalue weighted by atomic mass is 10.0. The highest BCUT2D eigenvalue weighted by Crippen LogP contribution is 2.26. The average molecular weight is 1340 g/mol. The first-order valence-corrected chi connectivity index (χ1v) is 34.8. The number of fused-ring (bicyclic) bond motifs is 3. The number of aliphatic hydroxyl groups is 1. The first kappa shape index (κ1) is 75.0. The van der Waals surface area contributed by atoms with Crippen LogP contribution in [-0.4, -0.2) is 168 Å². The molecule has 3 heterocycles. The maximum Gasteiger partial charge on any atom is 0.294 e. The number of amides is 7. The molecule has 8 rings (SSSR count). The van der Waals surface area contributed by atoms with Gasteiger partial charge in [0.1, 0.15) is 47.8 Å². The summed E-state index contributed by atoms with van der Waals surface area (Å²) < 4.78 is 65.1. The van der Waals surface area contributed by atoms with E-state index >= 15 is 0 Å². The van der Waals surface area contributed by atoms with Gasteiger partial charge in [0.2, 0.25) is 35.4 Å². The van der Waals surface area contributed by atoms with E-state index in [2.05, 4.69) is 33.5 Å². The van der Waals surface area contributed by atoms with E-state index in [1.807, 2.05) is 32.0 Å². The second-order valence-corrected chi connectivity index (χ2v) is 26.9. The minimum Gasteiger partial charge on any atom is -0.508 e. The van der Waals surface area contributed by atoms with Gasteiger partial charge < -0.3 is 62.8 Å². The van der Waals surface area contributed by atoms with Crippen molar-refractivity contribution in [3.8, 4) is 11.5 Å². The Morgan fingerprint density at radius 3 is 1.89 bits per heavy atom. The van der Waals surface area contributed by atoms with Crippen LogP contribution < -0.4 is 42.8 Å². The van der Waals surface area contributed by atoms with E-state index in [0.29, 0.717) is 19.4 Å². The van der Waals surface area contributed by atoms with Crippen LogP contribution in [0.3, 0.4) is 0 Å². The van der Waals surface area contributed by atoms with Crippen molar-refractivity contribution < 1.29 is 74.5 Å². The van der Waals surface area contributed by atoms with Gasteiger partial charge in [-0.3, -0.25) is 42.7 Å². The van der Waals surface area contributed by atoms with Gasteiger partial charge in [-0.25, -0.2) is 0 Å². The molecular formula is C67H91N9O16S2. The number of benzene rings is 5. The van der Waals surface area contributed by atoms with Gasteiger partial charge in [-0.15, -0.1) is 0 Å². The van der Waals surface area contributed by atoms with Crippen molar-refractivity contribution in [1.29, 1.82) is 0 Å². The number of carbonyl (C=O) groups excluding carboxylic acids is 7. The second kappa shape index (κ2) is 36.0. The number of ether oxygens (including phenoxy) is 1. The molecule has 3 aliphatic rings. The quantitative estimate of drug-likeness (QED) is 0.0387. The molecule has 5 aromatic rings. The molecule has 0 saturated carbocycles. The van der Waals surface area contributed by atoms with Gasteiger partial charge in [0.25, 0.3) is 26.1 Å². The lowest BCUT2D eigenvalue weighted by Crippen LogP contribution is -2.61. The summed E-state index contributed by atoms with van der Waals surface area (Å²) in [5.41, 5.74) is 15.2. The number of rotatable bonds is 19. The van der Waals surface area contributed by atoms with Crippen molar-refractivity contribution in [2.75, 3.05) is 32.8 Å². The molecule has 512 valence electrons. The summed E-state index contributed by atoms with van der Waals surface area (Å²) in [6.45, 7) is 8.21. The summed E-state index contributed by atoms with van der Waals surface area (Å²) in [5.74, 6) is -3.68. The monoisotopic (exact) mass is 1340 g/mol. The van der Waals surface area contributed by atoms with Gasteiger partial charge in [-0.2, -0.15) is 16.8 Å². The molecule has 3 fully saturated rings. The molecule has 94 heavy (non-hydrogen) atoms. The van der Waals surface area contributed by atoms with Crippen molar-refractivity contribution in [2.24, 2.45) is 11.5 Å². The molecule has 0 spiro atoms. The number of unbranched alkanes of at least 4 members (excludes halogenated alkanes) is 5. The summed E-state index contributed by atoms with van der Waals surface area (Å²) in [4.78, 5) is 102. The number of aliphatic hydroxyl groups excluding tert-OH is 1. The minimum absolute atomic E-state index is 0.00818. The van der Waals surface area contributed by atoms with E-state index in [1.54, 1.807) is 54.6 Å². The normalized spacial score (nSPS) is 21.3. The largest absolute Gasteiger partial charge is 0.508 e. The highest BCUT2D eigenvalue weighted by atomic mass is 32.2. The fraction of sp³-hybridized carbons (Fsp3) is 0.478. The maximum atomic E-state index is 14.4. The fourth-order valence-corrected chi connectivity index (χ4v) is 12.1. The van der Waals surface area contributed by atoms with E-state index in [1.165, 1.54) is 78.8 Å². The van der Waals surface area contributed by atoms with Crippen LogP contribution in [0.4, 0.5) is 0 Å². The van der Waals surface area contributed by atoms with Crippen molar-refractivity contribution in [3.05, 3.63) is 131 Å². The van der Waals surface area contributed by atoms with Crippen LogP contribution in [0.25, 0.3) is 10.8 Å². The number of hydrogen-bond donors (Lipinski definition) is 11. The lowest BCUT2D eigenvalue weighted by Gasteiger charge is -2.32. The first-order chi connectivity index (χ1) is 44.7. The standard InChI is InChI=1S/C53H75N9O10.2C7H8O3S/c1-3-4-5-6-7-8-28-72-40-23-20-35-29-37(19-18-36(35)30-40)47(65)57-41-13-10-26-56-50(68)45-31-38(55)32-62(45)52(70)43(12-9-25-54)59-48(66)42(24-17-34-15-21-39(64)22-16-34)58-51(69)44-14-11-27-61(44)53(71)46(33(2)63)60-49(41)67;2*1-6-2-4-7(5-3-6)11(8,9)10/h15-16,18-23,29-30,33,38,41-46,63-64H,3-14,17,24-28,31-32,54-55H2,1-2H3,(H,56,68)(H,57,65)(H,58,69)(H,59,66)(H,60,67);2*2-5H,1H3,(H,8,9,10)/t33-,38+,41+,42+,43+,44+,45+,46+;;/m1../s1. The third-order valence-electron chi connectivity index (χ3n) is 16.5. The van der Waals surface area contributed by atoms with E-state index in [4.69, 9.17) is 25.3 Å². The molecule has 8 atom stereocenters. The minimum atomic E-state index is -4.02. The van der Waals surface area contributed by atoms with Gasteiger partial charge in [0.15, 0.2) is 0 Å². The summed E-state index contributed by atoms with van der Waals surface area (Å²) >= 11 is 0. The Morgan fingerprint density at radius 1 is 0.670 bits per heavy atom. The molecule has 7 amide bonds. The van der Waals surface area contributed by atoms with E-state index < -0.39 is 110 Å². The number of phenols is 1. The Balaban J connectivity index is 0.000000532. The number of phenolic OH excluding ortho intramolecular Hbond substituents is 1. The molecule has 0 bridgehead atoms. The van der Waals surface area contributed by atoms with Crippen LogP contribution in [0.1, 0.15) is 131 Å². The zero-order valence-corrected chi connectivity index (χ0v) is 55.3. The van der Waals surface area contributed by atoms with E-state index in [9.17, 15) is 60.6 Å². The first-order valence-electron chi connectivity index (χ1n) is 31.9. The Labute approximate surface area is 550 Å². The van der Waals surface area contributed by atoms with Crippen LogP contribution in [0.15, 0.2) is 119 Å². The second-order valence-electron chi connectivity index (χ2n) is 24.1. The van der Waals surface area contributed by atoms with Crippen LogP contribution in [0.5, 0.6) is 11.5 Å². The van der Waals surface area contributed by atoms with Gasteiger partial charge in [0.05, 0.1) is 22.5 Å². The van der Waals surface area contributed by atoms with Crippen LogP contribution in [0.2, 0.25) is 0 Å². The molecule has 0 aromatic heterocycles. The highest BCUT2D eigenvalue weighted by Gasteiger charge is 2.43. The number of nitrogens with zero attached hydrogens (tertiary/aromatic N) is 2. The molecule has 3 saturated heterocycles. The predicted octanol–water partition coefficient (Wildman–Crippen LogP) is 4.90. The number of hydrogen-bond acceptors (Lipinski definition) is 16. The predicted molar refractivity (Wildman–Crippen MR) is 353 cm³/mol. The molecular weight excluding hydrogens is 1250 g/mol. The Hall–Kier alpha value is -8.05. The van der Waals surface area contributed by atoms with Crippen molar-refractivity contribution in [3.63, 3.8) is 0 Å².